The Kier molecular flexibility index (Phi) is 4.23. The van der Waals surface area contributed by atoms with E-state index in [1.165, 1.54) is 10.5 Å². The number of halogens is 1. The first-order valence-corrected chi connectivity index (χ1v) is 8.16. The molecule has 0 bridgehead atoms. The van der Waals surface area contributed by atoms with Gasteiger partial charge in [-0.15, -0.1) is 0 Å². The average Bonchev–Trinajstić information content (AvgIpc) is 2.76. The van der Waals surface area contributed by atoms with Gasteiger partial charge in [0.05, 0.1) is 10.9 Å². The van der Waals surface area contributed by atoms with E-state index in [1.54, 1.807) is 24.3 Å². The van der Waals surface area contributed by atoms with Crippen LogP contribution in [-0.4, -0.2) is 16.4 Å². The van der Waals surface area contributed by atoms with Crippen molar-refractivity contribution in [1.82, 2.24) is 0 Å². The predicted molar refractivity (Wildman–Crippen MR) is 90.6 cm³/mol. The molecule has 2 amide bonds. The van der Waals surface area contributed by atoms with Gasteiger partial charge in [-0.1, -0.05) is 59.3 Å². The highest BCUT2D eigenvalue weighted by Gasteiger charge is 2.40. The third kappa shape index (κ3) is 3.03. The van der Waals surface area contributed by atoms with Gasteiger partial charge in [-0.3, -0.25) is 9.59 Å². The number of anilines is 1. The molecule has 1 heterocycles. The lowest BCUT2D eigenvalue weighted by molar-refractivity contribution is -0.117. The molecule has 1 fully saturated rings. The van der Waals surface area contributed by atoms with Crippen molar-refractivity contribution in [3.8, 4) is 0 Å². The van der Waals surface area contributed by atoms with Gasteiger partial charge in [0.15, 0.2) is 0 Å². The van der Waals surface area contributed by atoms with Gasteiger partial charge in [0.1, 0.15) is 0 Å². The van der Waals surface area contributed by atoms with Gasteiger partial charge in [0.2, 0.25) is 5.91 Å². The van der Waals surface area contributed by atoms with Crippen molar-refractivity contribution in [2.24, 2.45) is 0 Å². The minimum Gasteiger partial charge on any atom is -0.273 e. The summed E-state index contributed by atoms with van der Waals surface area (Å²) in [5.74, 6) is -0.183. The highest BCUT2D eigenvalue weighted by molar-refractivity contribution is 8.15. The summed E-state index contributed by atoms with van der Waals surface area (Å²) in [6.45, 7) is 2.02. The van der Waals surface area contributed by atoms with Crippen LogP contribution in [0.2, 0.25) is 5.02 Å². The number of hydrogen-bond donors (Lipinski definition) is 0. The Morgan fingerprint density at radius 1 is 1.14 bits per heavy atom. The molecule has 22 heavy (non-hydrogen) atoms. The number of aryl methyl sites for hydroxylation is 1. The van der Waals surface area contributed by atoms with Crippen LogP contribution in [0.3, 0.4) is 0 Å². The Bertz CT molecular complexity index is 730. The summed E-state index contributed by atoms with van der Waals surface area (Å²) < 4.78 is 0. The SMILES string of the molecule is Cc1ccc(C[C@H]2SC(=O)N(c3cccc(Cl)c3)C2=O)cc1. The Morgan fingerprint density at radius 3 is 2.55 bits per heavy atom. The molecule has 1 aliphatic rings. The van der Waals surface area contributed by atoms with Gasteiger partial charge in [0.25, 0.3) is 5.24 Å². The molecule has 0 aromatic heterocycles. The number of carbonyl (C=O) groups is 2. The molecule has 3 nitrogen and oxygen atoms in total. The highest BCUT2D eigenvalue weighted by Crippen LogP contribution is 2.34. The van der Waals surface area contributed by atoms with Crippen molar-refractivity contribution < 1.29 is 9.59 Å². The van der Waals surface area contributed by atoms with Crippen molar-refractivity contribution in [1.29, 1.82) is 0 Å². The van der Waals surface area contributed by atoms with Crippen LogP contribution in [0.4, 0.5) is 10.5 Å². The molecule has 112 valence electrons. The lowest BCUT2D eigenvalue weighted by Crippen LogP contribution is -2.32. The molecule has 3 rings (SSSR count). The summed E-state index contributed by atoms with van der Waals surface area (Å²) in [6, 6.07) is 14.8. The first-order chi connectivity index (χ1) is 10.5. The number of benzene rings is 2. The maximum atomic E-state index is 12.5. The lowest BCUT2D eigenvalue weighted by Gasteiger charge is -2.14. The second kappa shape index (κ2) is 6.15. The smallest absolute Gasteiger partial charge is 0.273 e. The van der Waals surface area contributed by atoms with Crippen LogP contribution in [0.1, 0.15) is 11.1 Å². The van der Waals surface area contributed by atoms with E-state index in [4.69, 9.17) is 11.6 Å². The summed E-state index contributed by atoms with van der Waals surface area (Å²) in [4.78, 5) is 25.9. The van der Waals surface area contributed by atoms with Crippen molar-refractivity contribution in [3.05, 3.63) is 64.7 Å². The zero-order valence-corrected chi connectivity index (χ0v) is 13.5. The molecule has 1 aliphatic heterocycles. The van der Waals surface area contributed by atoms with E-state index in [-0.39, 0.29) is 16.4 Å². The van der Waals surface area contributed by atoms with Gasteiger partial charge in [0, 0.05) is 5.02 Å². The molecule has 0 saturated carbocycles. The summed E-state index contributed by atoms with van der Waals surface area (Å²) in [5.41, 5.74) is 2.75. The van der Waals surface area contributed by atoms with Gasteiger partial charge >= 0.3 is 0 Å². The summed E-state index contributed by atoms with van der Waals surface area (Å²) >= 11 is 7.02. The van der Waals surface area contributed by atoms with Gasteiger partial charge in [-0.05, 0) is 37.1 Å². The largest absolute Gasteiger partial charge is 0.293 e. The number of thioether (sulfide) groups is 1. The fourth-order valence-electron chi connectivity index (χ4n) is 2.37. The van der Waals surface area contributed by atoms with Crippen LogP contribution >= 0.6 is 23.4 Å². The molecule has 0 radical (unpaired) electrons. The van der Waals surface area contributed by atoms with Crippen LogP contribution in [0, 0.1) is 6.92 Å². The van der Waals surface area contributed by atoms with Crippen molar-refractivity contribution >= 4 is 40.2 Å². The van der Waals surface area contributed by atoms with Crippen molar-refractivity contribution in [3.63, 3.8) is 0 Å². The average molecular weight is 332 g/mol. The minimum atomic E-state index is -0.380. The van der Waals surface area contributed by atoms with E-state index < -0.39 is 0 Å². The molecule has 2 aromatic carbocycles. The van der Waals surface area contributed by atoms with E-state index in [0.29, 0.717) is 17.1 Å². The Morgan fingerprint density at radius 2 is 1.86 bits per heavy atom. The van der Waals surface area contributed by atoms with E-state index in [2.05, 4.69) is 0 Å². The molecule has 0 aliphatic carbocycles. The van der Waals surface area contributed by atoms with E-state index in [9.17, 15) is 9.59 Å². The van der Waals surface area contributed by atoms with Crippen LogP contribution < -0.4 is 4.90 Å². The van der Waals surface area contributed by atoms with Crippen LogP contribution in [-0.2, 0) is 11.2 Å². The summed E-state index contributed by atoms with van der Waals surface area (Å²) in [6.07, 6.45) is 0.548. The third-order valence-corrected chi connectivity index (χ3v) is 4.80. The first kappa shape index (κ1) is 15.1. The summed E-state index contributed by atoms with van der Waals surface area (Å²) in [5, 5.41) is -0.122. The fraction of sp³-hybridized carbons (Fsp3) is 0.176. The zero-order chi connectivity index (χ0) is 15.7. The van der Waals surface area contributed by atoms with E-state index >= 15 is 0 Å². The van der Waals surface area contributed by atoms with Gasteiger partial charge < -0.3 is 0 Å². The number of nitrogens with zero attached hydrogens (tertiary/aromatic N) is 1. The second-order valence-corrected chi connectivity index (χ2v) is 6.81. The van der Waals surface area contributed by atoms with Gasteiger partial charge in [-0.25, -0.2) is 4.90 Å². The number of carbonyl (C=O) groups excluding carboxylic acids is 2. The predicted octanol–water partition coefficient (Wildman–Crippen LogP) is 4.46. The molecule has 1 atom stereocenters. The molecule has 0 N–H and O–H groups in total. The molecule has 1 saturated heterocycles. The quantitative estimate of drug-likeness (QED) is 0.833. The second-order valence-electron chi connectivity index (χ2n) is 5.22. The van der Waals surface area contributed by atoms with E-state index in [0.717, 1.165) is 17.3 Å². The number of amides is 2. The highest BCUT2D eigenvalue weighted by atomic mass is 35.5. The van der Waals surface area contributed by atoms with Crippen LogP contribution in [0.5, 0.6) is 0 Å². The topological polar surface area (TPSA) is 37.4 Å². The zero-order valence-electron chi connectivity index (χ0n) is 12.0. The van der Waals surface area contributed by atoms with Crippen molar-refractivity contribution in [2.75, 3.05) is 4.90 Å². The Hall–Kier alpha value is -1.78. The summed E-state index contributed by atoms with van der Waals surface area (Å²) in [7, 11) is 0. The molecular weight excluding hydrogens is 318 g/mol. The molecule has 0 unspecified atom stereocenters. The Balaban J connectivity index is 1.81. The maximum Gasteiger partial charge on any atom is 0.293 e. The Labute approximate surface area is 138 Å². The number of imide groups is 1. The molecule has 0 spiro atoms. The molecule has 5 heteroatoms. The minimum absolute atomic E-state index is 0.183. The molecule has 2 aromatic rings. The van der Waals surface area contributed by atoms with E-state index in [1.807, 2.05) is 31.2 Å². The normalized spacial score (nSPS) is 18.1. The van der Waals surface area contributed by atoms with Crippen LogP contribution in [0.25, 0.3) is 0 Å². The molecular formula is C17H14ClNO2S. The van der Waals surface area contributed by atoms with Crippen molar-refractivity contribution in [2.45, 2.75) is 18.6 Å². The fourth-order valence-corrected chi connectivity index (χ4v) is 3.58. The number of rotatable bonds is 3. The first-order valence-electron chi connectivity index (χ1n) is 6.90. The maximum absolute atomic E-state index is 12.5. The third-order valence-electron chi connectivity index (χ3n) is 3.53. The number of hydrogen-bond acceptors (Lipinski definition) is 3. The van der Waals surface area contributed by atoms with Crippen LogP contribution in [0.15, 0.2) is 48.5 Å². The lowest BCUT2D eigenvalue weighted by atomic mass is 10.1. The monoisotopic (exact) mass is 331 g/mol. The standard InChI is InChI=1S/C17H14ClNO2S/c1-11-5-7-12(8-6-11)9-15-16(20)19(17(21)22-15)14-4-2-3-13(18)10-14/h2-8,10,15H,9H2,1H3/t15-/m1/s1. The van der Waals surface area contributed by atoms with Gasteiger partial charge in [-0.2, -0.15) is 0 Å².